The minimum absolute atomic E-state index is 0.0209. The van der Waals surface area contributed by atoms with Crippen LogP contribution in [0.15, 0.2) is 61.4 Å². The second-order valence-corrected chi connectivity index (χ2v) is 12.1. The molecule has 250 valence electrons. The van der Waals surface area contributed by atoms with Crippen molar-refractivity contribution in [2.45, 2.75) is 38.3 Å². The van der Waals surface area contributed by atoms with E-state index in [2.05, 4.69) is 54.9 Å². The van der Waals surface area contributed by atoms with Crippen molar-refractivity contribution in [3.05, 3.63) is 67.0 Å². The van der Waals surface area contributed by atoms with Gasteiger partial charge in [-0.25, -0.2) is 15.0 Å². The molecule has 2 N–H and O–H groups in total. The first kappa shape index (κ1) is 32.5. The average Bonchev–Trinajstić information content (AvgIpc) is 3.62. The summed E-state index contributed by atoms with van der Waals surface area (Å²) in [6, 6.07) is 14.3. The molecule has 1 amide bonds. The Morgan fingerprint density at radius 3 is 2.53 bits per heavy atom. The number of ether oxygens (including phenoxy) is 2. The van der Waals surface area contributed by atoms with E-state index >= 15 is 0 Å². The Bertz CT molecular complexity index is 1540. The lowest BCUT2D eigenvalue weighted by atomic mass is 10.0. The summed E-state index contributed by atoms with van der Waals surface area (Å²) in [7, 11) is 3.31. The van der Waals surface area contributed by atoms with E-state index in [9.17, 15) is 4.79 Å². The average molecular weight is 643 g/mol. The molecule has 6 rings (SSSR count). The Hall–Kier alpha value is -4.39. The van der Waals surface area contributed by atoms with Crippen molar-refractivity contribution in [3.63, 3.8) is 0 Å². The monoisotopic (exact) mass is 642 g/mol. The van der Waals surface area contributed by atoms with Crippen molar-refractivity contribution in [1.82, 2.24) is 19.8 Å². The standard InChI is InChI=1S/C35H46N8O4/c1-5-35(44)39-28-21-29(32(46-4)22-31(28)42-13-10-26(11-14-42)41-17-15-40(6-2)16-18-41)38-33-23-34(37-24-36-33)43-30(12-19-47-43)25-8-7-9-27(20-25)45-3/h5,7-9,20-24,26,30H,1,6,10-19H2,2-4H3,(H,39,44)(H,36,37,38). The van der Waals surface area contributed by atoms with Gasteiger partial charge in [-0.1, -0.05) is 25.6 Å². The van der Waals surface area contributed by atoms with Gasteiger partial charge in [0.15, 0.2) is 5.82 Å². The maximum Gasteiger partial charge on any atom is 0.247 e. The number of likely N-dealkylation sites (N-methyl/N-ethyl adjacent to an activating group) is 1. The number of nitrogens with zero attached hydrogens (tertiary/aromatic N) is 6. The zero-order chi connectivity index (χ0) is 32.8. The zero-order valence-corrected chi connectivity index (χ0v) is 27.7. The largest absolute Gasteiger partial charge is 0.497 e. The molecule has 1 unspecified atom stereocenters. The molecule has 0 spiro atoms. The van der Waals surface area contributed by atoms with Crippen LogP contribution in [0.5, 0.6) is 11.5 Å². The van der Waals surface area contributed by atoms with Gasteiger partial charge in [0.1, 0.15) is 23.6 Å². The summed E-state index contributed by atoms with van der Waals surface area (Å²) in [5.41, 5.74) is 3.35. The van der Waals surface area contributed by atoms with Gasteiger partial charge in [0.25, 0.3) is 0 Å². The number of piperidine rings is 1. The summed E-state index contributed by atoms with van der Waals surface area (Å²) in [5.74, 6) is 2.35. The van der Waals surface area contributed by atoms with E-state index in [1.165, 1.54) is 12.4 Å². The van der Waals surface area contributed by atoms with Crippen LogP contribution in [0.2, 0.25) is 0 Å². The number of anilines is 5. The molecule has 47 heavy (non-hydrogen) atoms. The van der Waals surface area contributed by atoms with Crippen LogP contribution in [-0.2, 0) is 9.63 Å². The lowest BCUT2D eigenvalue weighted by Gasteiger charge is -2.43. The van der Waals surface area contributed by atoms with Gasteiger partial charge in [0, 0.05) is 63.9 Å². The highest BCUT2D eigenvalue weighted by Crippen LogP contribution is 2.41. The van der Waals surface area contributed by atoms with E-state index in [1.54, 1.807) is 14.2 Å². The predicted molar refractivity (Wildman–Crippen MR) is 185 cm³/mol. The van der Waals surface area contributed by atoms with Gasteiger partial charge in [-0.05, 0) is 49.2 Å². The van der Waals surface area contributed by atoms with Gasteiger partial charge in [0.2, 0.25) is 5.91 Å². The fraction of sp³-hybridized carbons (Fsp3) is 0.457. The molecule has 0 bridgehead atoms. The molecule has 2 aromatic carbocycles. The van der Waals surface area contributed by atoms with Crippen molar-refractivity contribution in [3.8, 4) is 11.5 Å². The number of piperazine rings is 1. The molecule has 3 aromatic rings. The minimum atomic E-state index is -0.273. The summed E-state index contributed by atoms with van der Waals surface area (Å²) in [4.78, 5) is 35.1. The van der Waals surface area contributed by atoms with Crippen molar-refractivity contribution in [2.75, 3.05) is 87.2 Å². The highest BCUT2D eigenvalue weighted by molar-refractivity contribution is 6.02. The van der Waals surface area contributed by atoms with Crippen molar-refractivity contribution in [1.29, 1.82) is 0 Å². The summed E-state index contributed by atoms with van der Waals surface area (Å²) >= 11 is 0. The predicted octanol–water partition coefficient (Wildman–Crippen LogP) is 4.85. The van der Waals surface area contributed by atoms with E-state index in [4.69, 9.17) is 14.3 Å². The van der Waals surface area contributed by atoms with Gasteiger partial charge in [-0.2, -0.15) is 0 Å². The molecule has 1 atom stereocenters. The molecule has 0 saturated carbocycles. The molecule has 0 aliphatic carbocycles. The highest BCUT2D eigenvalue weighted by Gasteiger charge is 2.31. The Morgan fingerprint density at radius 2 is 1.81 bits per heavy atom. The van der Waals surface area contributed by atoms with Crippen LogP contribution in [0.4, 0.5) is 28.7 Å². The Labute approximate surface area is 277 Å². The van der Waals surface area contributed by atoms with E-state index < -0.39 is 0 Å². The zero-order valence-electron chi connectivity index (χ0n) is 27.7. The maximum absolute atomic E-state index is 12.6. The molecule has 3 fully saturated rings. The molecule has 1 aromatic heterocycles. The SMILES string of the molecule is C=CC(=O)Nc1cc(Nc2cc(N3OCCC3c3cccc(OC)c3)ncn2)c(OC)cc1N1CCC(N2CCN(CC)CC2)CC1. The van der Waals surface area contributed by atoms with E-state index in [0.29, 0.717) is 41.4 Å². The van der Waals surface area contributed by atoms with E-state index in [-0.39, 0.29) is 11.9 Å². The van der Waals surface area contributed by atoms with Crippen LogP contribution >= 0.6 is 0 Å². The van der Waals surface area contributed by atoms with Crippen molar-refractivity contribution >= 4 is 34.6 Å². The fourth-order valence-corrected chi connectivity index (χ4v) is 6.82. The van der Waals surface area contributed by atoms with Crippen LogP contribution < -0.4 is 30.1 Å². The lowest BCUT2D eigenvalue weighted by Crippen LogP contribution is -2.53. The summed E-state index contributed by atoms with van der Waals surface area (Å²) in [5, 5.41) is 8.25. The first-order chi connectivity index (χ1) is 23.0. The van der Waals surface area contributed by atoms with Gasteiger partial charge < -0.3 is 29.9 Å². The Kier molecular flexibility index (Phi) is 10.4. The van der Waals surface area contributed by atoms with Gasteiger partial charge >= 0.3 is 0 Å². The fourth-order valence-electron chi connectivity index (χ4n) is 6.82. The summed E-state index contributed by atoms with van der Waals surface area (Å²) in [6.45, 7) is 13.9. The third-order valence-electron chi connectivity index (χ3n) is 9.46. The topological polar surface area (TPSA) is 108 Å². The molecule has 3 saturated heterocycles. The van der Waals surface area contributed by atoms with E-state index in [1.807, 2.05) is 41.5 Å². The second-order valence-electron chi connectivity index (χ2n) is 12.1. The number of benzene rings is 2. The molecule has 3 aliphatic rings. The minimum Gasteiger partial charge on any atom is -0.497 e. The molecule has 12 nitrogen and oxygen atoms in total. The van der Waals surface area contributed by atoms with Gasteiger partial charge in [-0.3, -0.25) is 14.5 Å². The van der Waals surface area contributed by atoms with Gasteiger partial charge in [-0.15, -0.1) is 0 Å². The summed E-state index contributed by atoms with van der Waals surface area (Å²) in [6.07, 6.45) is 5.75. The van der Waals surface area contributed by atoms with Crippen molar-refractivity contribution in [2.24, 2.45) is 0 Å². The Morgan fingerprint density at radius 1 is 1.00 bits per heavy atom. The Balaban J connectivity index is 1.21. The molecule has 12 heteroatoms. The molecule has 4 heterocycles. The first-order valence-electron chi connectivity index (χ1n) is 16.5. The third-order valence-corrected chi connectivity index (χ3v) is 9.46. The van der Waals surface area contributed by atoms with E-state index in [0.717, 1.165) is 82.1 Å². The van der Waals surface area contributed by atoms with Crippen LogP contribution in [0.25, 0.3) is 0 Å². The van der Waals surface area contributed by atoms with Crippen LogP contribution in [0.1, 0.15) is 37.8 Å². The number of hydrogen-bond donors (Lipinski definition) is 2. The molecular formula is C35H46N8O4. The highest BCUT2D eigenvalue weighted by atomic mass is 16.7. The van der Waals surface area contributed by atoms with Crippen LogP contribution in [-0.4, -0.2) is 98.4 Å². The lowest BCUT2D eigenvalue weighted by molar-refractivity contribution is -0.111. The normalized spacial score (nSPS) is 19.4. The van der Waals surface area contributed by atoms with Crippen LogP contribution in [0, 0.1) is 0 Å². The summed E-state index contributed by atoms with van der Waals surface area (Å²) < 4.78 is 11.3. The molecule has 0 radical (unpaired) electrons. The third kappa shape index (κ3) is 7.45. The first-order valence-corrected chi connectivity index (χ1v) is 16.5. The van der Waals surface area contributed by atoms with Crippen molar-refractivity contribution < 1.29 is 19.1 Å². The number of hydroxylamine groups is 1. The number of nitrogens with one attached hydrogen (secondary N) is 2. The molecular weight excluding hydrogens is 596 g/mol. The number of rotatable bonds is 11. The maximum atomic E-state index is 12.6. The number of methoxy groups -OCH3 is 2. The number of amides is 1. The number of carbonyl (C=O) groups is 1. The number of aromatic nitrogens is 2. The molecule has 3 aliphatic heterocycles. The number of carbonyl (C=O) groups excluding carboxylic acids is 1. The second kappa shape index (κ2) is 15.0. The smallest absolute Gasteiger partial charge is 0.247 e. The number of hydrogen-bond acceptors (Lipinski definition) is 11. The van der Waals surface area contributed by atoms with Gasteiger partial charge in [0.05, 0.1) is 43.9 Å². The van der Waals surface area contributed by atoms with Crippen LogP contribution in [0.3, 0.4) is 0 Å². The quantitative estimate of drug-likeness (QED) is 0.280.